The summed E-state index contributed by atoms with van der Waals surface area (Å²) in [5.74, 6) is -0.332. The molecule has 0 atom stereocenters. The number of nitrogens with one attached hydrogen (secondary N) is 2. The second-order valence-corrected chi connectivity index (χ2v) is 2.17. The Morgan fingerprint density at radius 2 is 1.92 bits per heavy atom. The number of methoxy groups -OCH3 is 1. The number of halogens is 1. The zero-order valence-corrected chi connectivity index (χ0v) is 7.48. The Morgan fingerprint density at radius 3 is 2.42 bits per heavy atom. The van der Waals surface area contributed by atoms with Gasteiger partial charge >= 0.3 is 6.09 Å². The molecule has 0 heterocycles. The van der Waals surface area contributed by atoms with Crippen molar-refractivity contribution in [2.24, 2.45) is 0 Å². The summed E-state index contributed by atoms with van der Waals surface area (Å²) in [7, 11) is 1.27. The van der Waals surface area contributed by atoms with Crippen molar-refractivity contribution in [1.29, 1.82) is 0 Å². The molecule has 0 aromatic heterocycles. The molecule has 2 amide bonds. The predicted molar refractivity (Wildman–Crippen MR) is 44.1 cm³/mol. The molecule has 0 aliphatic carbocycles. The van der Waals surface area contributed by atoms with Gasteiger partial charge in [-0.2, -0.15) is 0 Å². The molecule has 0 unspecified atom stereocenters. The highest BCUT2D eigenvalue weighted by atomic mass is 35.5. The molecular weight excluding hydrogens is 184 g/mol. The molecule has 6 heteroatoms. The highest BCUT2D eigenvalue weighted by molar-refractivity contribution is 6.27. The van der Waals surface area contributed by atoms with Gasteiger partial charge in [0.1, 0.15) is 5.88 Å². The molecule has 0 aromatic carbocycles. The van der Waals surface area contributed by atoms with Gasteiger partial charge in [0.25, 0.3) is 0 Å². The van der Waals surface area contributed by atoms with E-state index < -0.39 is 6.09 Å². The quantitative estimate of drug-likeness (QED) is 0.477. The van der Waals surface area contributed by atoms with Gasteiger partial charge in [0, 0.05) is 13.1 Å². The first-order valence-electron chi connectivity index (χ1n) is 3.35. The molecule has 5 nitrogen and oxygen atoms in total. The monoisotopic (exact) mass is 194 g/mol. The number of alkyl halides is 1. The van der Waals surface area contributed by atoms with Crippen LogP contribution in [-0.4, -0.2) is 38.1 Å². The smallest absolute Gasteiger partial charge is 0.406 e. The highest BCUT2D eigenvalue weighted by Gasteiger charge is 1.98. The molecule has 70 valence electrons. The fourth-order valence-electron chi connectivity index (χ4n) is 0.486. The standard InChI is InChI=1S/C6H11ClN2O3/c1-12-6(11)9-3-2-8-5(10)4-7/h2-4H2,1H3,(H,8,10)(H,9,11). The third kappa shape index (κ3) is 5.79. The van der Waals surface area contributed by atoms with Crippen LogP contribution in [0.5, 0.6) is 0 Å². The molecule has 0 aliphatic rings. The summed E-state index contributed by atoms with van der Waals surface area (Å²) in [6.45, 7) is 0.677. The summed E-state index contributed by atoms with van der Waals surface area (Å²) in [6, 6.07) is 0. The number of rotatable bonds is 4. The van der Waals surface area contributed by atoms with Crippen LogP contribution >= 0.6 is 11.6 Å². The van der Waals surface area contributed by atoms with E-state index in [1.165, 1.54) is 7.11 Å². The Kier molecular flexibility index (Phi) is 6.18. The van der Waals surface area contributed by atoms with Gasteiger partial charge in [-0.3, -0.25) is 4.79 Å². The number of ether oxygens (including phenoxy) is 1. The second kappa shape index (κ2) is 6.72. The van der Waals surface area contributed by atoms with E-state index in [4.69, 9.17) is 11.6 Å². The lowest BCUT2D eigenvalue weighted by Gasteiger charge is -2.03. The van der Waals surface area contributed by atoms with Gasteiger partial charge in [-0.1, -0.05) is 0 Å². The van der Waals surface area contributed by atoms with Crippen LogP contribution in [-0.2, 0) is 9.53 Å². The Bertz CT molecular complexity index is 145. The molecule has 0 spiro atoms. The molecule has 0 aliphatic heterocycles. The molecule has 0 fully saturated rings. The lowest BCUT2D eigenvalue weighted by molar-refractivity contribution is -0.118. The molecular formula is C6H11ClN2O3. The number of carbonyl (C=O) groups is 2. The minimum Gasteiger partial charge on any atom is -0.453 e. The molecule has 0 radical (unpaired) electrons. The largest absolute Gasteiger partial charge is 0.453 e. The molecule has 12 heavy (non-hydrogen) atoms. The topological polar surface area (TPSA) is 67.4 Å². The maximum absolute atomic E-state index is 10.5. The van der Waals surface area contributed by atoms with E-state index in [-0.39, 0.29) is 11.8 Å². The first-order valence-corrected chi connectivity index (χ1v) is 3.88. The predicted octanol–water partition coefficient (Wildman–Crippen LogP) is -0.303. The Morgan fingerprint density at radius 1 is 1.33 bits per heavy atom. The lowest BCUT2D eigenvalue weighted by Crippen LogP contribution is -2.35. The molecule has 0 bridgehead atoms. The average molecular weight is 195 g/mol. The Labute approximate surface area is 75.4 Å². The van der Waals surface area contributed by atoms with E-state index in [0.717, 1.165) is 0 Å². The molecule has 0 saturated carbocycles. The van der Waals surface area contributed by atoms with Crippen LogP contribution in [0.25, 0.3) is 0 Å². The second-order valence-electron chi connectivity index (χ2n) is 1.90. The first-order chi connectivity index (χ1) is 5.70. The van der Waals surface area contributed by atoms with E-state index in [2.05, 4.69) is 15.4 Å². The summed E-state index contributed by atoms with van der Waals surface area (Å²) in [4.78, 5) is 21.0. The van der Waals surface area contributed by atoms with Crippen LogP contribution in [0.4, 0.5) is 4.79 Å². The van der Waals surface area contributed by atoms with Gasteiger partial charge in [-0.25, -0.2) is 4.79 Å². The van der Waals surface area contributed by atoms with Crippen molar-refractivity contribution in [1.82, 2.24) is 10.6 Å². The van der Waals surface area contributed by atoms with Crippen molar-refractivity contribution < 1.29 is 14.3 Å². The van der Waals surface area contributed by atoms with Crippen LogP contribution in [0, 0.1) is 0 Å². The van der Waals surface area contributed by atoms with E-state index in [1.807, 2.05) is 0 Å². The fraction of sp³-hybridized carbons (Fsp3) is 0.667. The minimum atomic E-state index is -0.518. The van der Waals surface area contributed by atoms with E-state index >= 15 is 0 Å². The summed E-state index contributed by atoms with van der Waals surface area (Å²) < 4.78 is 4.29. The third-order valence-corrected chi connectivity index (χ3v) is 1.27. The zero-order valence-electron chi connectivity index (χ0n) is 6.72. The third-order valence-electron chi connectivity index (χ3n) is 1.02. The van der Waals surface area contributed by atoms with Crippen LogP contribution in [0.15, 0.2) is 0 Å². The van der Waals surface area contributed by atoms with E-state index in [0.29, 0.717) is 13.1 Å². The van der Waals surface area contributed by atoms with Crippen molar-refractivity contribution in [2.45, 2.75) is 0 Å². The molecule has 2 N–H and O–H groups in total. The first kappa shape index (κ1) is 11.0. The lowest BCUT2D eigenvalue weighted by atomic mass is 10.6. The van der Waals surface area contributed by atoms with Crippen molar-refractivity contribution >= 4 is 23.6 Å². The summed E-state index contributed by atoms with van der Waals surface area (Å²) in [6.07, 6.45) is -0.518. The number of carbonyl (C=O) groups excluding carboxylic acids is 2. The van der Waals surface area contributed by atoms with Crippen LogP contribution in [0.2, 0.25) is 0 Å². The molecule has 0 rings (SSSR count). The van der Waals surface area contributed by atoms with Gasteiger partial charge in [0.2, 0.25) is 5.91 Å². The Hall–Kier alpha value is -0.970. The van der Waals surface area contributed by atoms with Crippen molar-refractivity contribution in [3.63, 3.8) is 0 Å². The summed E-state index contributed by atoms with van der Waals surface area (Å²) >= 11 is 5.20. The molecule has 0 saturated heterocycles. The maximum atomic E-state index is 10.5. The van der Waals surface area contributed by atoms with Gasteiger partial charge in [0.05, 0.1) is 7.11 Å². The van der Waals surface area contributed by atoms with E-state index in [1.54, 1.807) is 0 Å². The summed E-state index contributed by atoms with van der Waals surface area (Å²) in [5, 5.41) is 4.86. The van der Waals surface area contributed by atoms with Gasteiger partial charge in [-0.15, -0.1) is 11.6 Å². The average Bonchev–Trinajstić information content (AvgIpc) is 2.11. The van der Waals surface area contributed by atoms with Crippen molar-refractivity contribution in [2.75, 3.05) is 26.1 Å². The molecule has 0 aromatic rings. The fourth-order valence-corrected chi connectivity index (χ4v) is 0.580. The van der Waals surface area contributed by atoms with Gasteiger partial charge in [0.15, 0.2) is 0 Å². The SMILES string of the molecule is COC(=O)NCCNC(=O)CCl. The maximum Gasteiger partial charge on any atom is 0.406 e. The van der Waals surface area contributed by atoms with Crippen LogP contribution in [0.1, 0.15) is 0 Å². The van der Waals surface area contributed by atoms with Gasteiger partial charge in [-0.05, 0) is 0 Å². The number of alkyl carbamates (subject to hydrolysis) is 1. The number of hydrogen-bond acceptors (Lipinski definition) is 3. The van der Waals surface area contributed by atoms with E-state index in [9.17, 15) is 9.59 Å². The number of amides is 2. The highest BCUT2D eigenvalue weighted by Crippen LogP contribution is 1.73. The van der Waals surface area contributed by atoms with Gasteiger partial charge < -0.3 is 15.4 Å². The zero-order chi connectivity index (χ0) is 9.40. The van der Waals surface area contributed by atoms with Crippen molar-refractivity contribution in [3.8, 4) is 0 Å². The minimum absolute atomic E-state index is 0.0712. The normalized spacial score (nSPS) is 8.83. The Balaban J connectivity index is 3.21. The van der Waals surface area contributed by atoms with Crippen molar-refractivity contribution in [3.05, 3.63) is 0 Å². The van der Waals surface area contributed by atoms with Crippen LogP contribution < -0.4 is 10.6 Å². The number of hydrogen-bond donors (Lipinski definition) is 2. The summed E-state index contributed by atoms with van der Waals surface area (Å²) in [5.41, 5.74) is 0. The van der Waals surface area contributed by atoms with Crippen LogP contribution in [0.3, 0.4) is 0 Å².